The fourth-order valence-corrected chi connectivity index (χ4v) is 3.36. The second-order valence-corrected chi connectivity index (χ2v) is 6.40. The Hall–Kier alpha value is -1.87. The quantitative estimate of drug-likeness (QED) is 0.788. The predicted octanol–water partition coefficient (Wildman–Crippen LogP) is 4.67. The highest BCUT2D eigenvalue weighted by Crippen LogP contribution is 2.29. The molecule has 0 saturated carbocycles. The molecule has 0 bridgehead atoms. The van der Waals surface area contributed by atoms with Crippen LogP contribution in [0.3, 0.4) is 0 Å². The molecule has 0 heterocycles. The average Bonchev–Trinajstić information content (AvgIpc) is 2.52. The third-order valence-corrected chi connectivity index (χ3v) is 4.75. The number of thiocarbonyl (C=S) groups is 1. The van der Waals surface area contributed by atoms with Crippen molar-refractivity contribution in [2.45, 2.75) is 39.2 Å². The number of hydrogen-bond donors (Lipinski definition) is 2. The predicted molar refractivity (Wildman–Crippen MR) is 97.4 cm³/mol. The van der Waals surface area contributed by atoms with Crippen molar-refractivity contribution in [2.75, 3.05) is 5.32 Å². The van der Waals surface area contributed by atoms with E-state index in [4.69, 9.17) is 12.2 Å². The molecule has 1 aliphatic rings. The zero-order chi connectivity index (χ0) is 15.5. The first-order chi connectivity index (χ1) is 10.6. The van der Waals surface area contributed by atoms with Crippen LogP contribution >= 0.6 is 12.2 Å². The number of nitrogens with one attached hydrogen (secondary N) is 2. The van der Waals surface area contributed by atoms with Crippen LogP contribution in [0.5, 0.6) is 0 Å². The highest BCUT2D eigenvalue weighted by atomic mass is 32.1. The van der Waals surface area contributed by atoms with Crippen molar-refractivity contribution in [3.63, 3.8) is 0 Å². The molecule has 2 aromatic rings. The fourth-order valence-electron chi connectivity index (χ4n) is 3.11. The number of anilines is 1. The van der Waals surface area contributed by atoms with Crippen molar-refractivity contribution < 1.29 is 0 Å². The molecule has 3 rings (SSSR count). The molecule has 1 atom stereocenters. The van der Waals surface area contributed by atoms with Crippen LogP contribution in [0.25, 0.3) is 0 Å². The Morgan fingerprint density at radius 3 is 2.77 bits per heavy atom. The molecular formula is C19H22N2S. The second kappa shape index (κ2) is 6.49. The molecule has 114 valence electrons. The maximum atomic E-state index is 5.53. The third kappa shape index (κ3) is 3.14. The van der Waals surface area contributed by atoms with Crippen molar-refractivity contribution in [2.24, 2.45) is 0 Å². The van der Waals surface area contributed by atoms with Gasteiger partial charge in [-0.15, -0.1) is 0 Å². The summed E-state index contributed by atoms with van der Waals surface area (Å²) in [4.78, 5) is 0. The zero-order valence-electron chi connectivity index (χ0n) is 13.1. The van der Waals surface area contributed by atoms with E-state index in [1.165, 1.54) is 35.1 Å². The molecule has 2 N–H and O–H groups in total. The van der Waals surface area contributed by atoms with Gasteiger partial charge in [-0.1, -0.05) is 36.4 Å². The van der Waals surface area contributed by atoms with Gasteiger partial charge in [-0.2, -0.15) is 0 Å². The molecule has 3 heteroatoms. The number of fused-ring (bicyclic) bond motifs is 1. The van der Waals surface area contributed by atoms with Crippen LogP contribution in [0.1, 0.15) is 41.1 Å². The highest BCUT2D eigenvalue weighted by molar-refractivity contribution is 7.80. The summed E-state index contributed by atoms with van der Waals surface area (Å²) in [5, 5.41) is 7.54. The van der Waals surface area contributed by atoms with Gasteiger partial charge >= 0.3 is 0 Å². The van der Waals surface area contributed by atoms with Gasteiger partial charge < -0.3 is 10.6 Å². The van der Waals surface area contributed by atoms with Crippen LogP contribution in [-0.4, -0.2) is 5.11 Å². The van der Waals surface area contributed by atoms with Crippen LogP contribution in [-0.2, 0) is 6.42 Å². The van der Waals surface area contributed by atoms with Gasteiger partial charge in [0.2, 0.25) is 0 Å². The van der Waals surface area contributed by atoms with E-state index in [9.17, 15) is 0 Å². The normalized spacial score (nSPS) is 16.7. The summed E-state index contributed by atoms with van der Waals surface area (Å²) in [6.07, 6.45) is 3.51. The smallest absolute Gasteiger partial charge is 0.171 e. The van der Waals surface area contributed by atoms with Crippen molar-refractivity contribution >= 4 is 23.0 Å². The molecule has 0 amide bonds. The summed E-state index contributed by atoms with van der Waals surface area (Å²) in [5.74, 6) is 0. The Bertz CT molecular complexity index is 694. The highest BCUT2D eigenvalue weighted by Gasteiger charge is 2.20. The molecule has 0 aliphatic heterocycles. The lowest BCUT2D eigenvalue weighted by Crippen LogP contribution is -2.34. The topological polar surface area (TPSA) is 24.1 Å². The fraction of sp³-hybridized carbons (Fsp3) is 0.316. The largest absolute Gasteiger partial charge is 0.356 e. The van der Waals surface area contributed by atoms with Gasteiger partial charge in [0.25, 0.3) is 0 Å². The molecule has 0 radical (unpaired) electrons. The van der Waals surface area contributed by atoms with E-state index >= 15 is 0 Å². The molecule has 0 saturated heterocycles. The standard InChI is InChI=1S/C19H22N2S/c1-13-7-5-11-17(14(13)2)20-19(22)21-18-12-6-9-15-8-3-4-10-16(15)18/h3-5,7-8,10-11,18H,6,9,12H2,1-2H3,(H2,20,21,22)/t18-/m0/s1. The van der Waals surface area contributed by atoms with E-state index < -0.39 is 0 Å². The summed E-state index contributed by atoms with van der Waals surface area (Å²) in [6.45, 7) is 4.24. The van der Waals surface area contributed by atoms with Crippen LogP contribution in [0.2, 0.25) is 0 Å². The maximum Gasteiger partial charge on any atom is 0.171 e. The molecule has 2 nitrogen and oxygen atoms in total. The Balaban J connectivity index is 1.72. The van der Waals surface area contributed by atoms with E-state index in [-0.39, 0.29) is 0 Å². The van der Waals surface area contributed by atoms with Gasteiger partial charge in [-0.05, 0) is 73.6 Å². The van der Waals surface area contributed by atoms with Crippen LogP contribution in [0.15, 0.2) is 42.5 Å². The Morgan fingerprint density at radius 2 is 1.91 bits per heavy atom. The SMILES string of the molecule is Cc1cccc(NC(=S)N[C@H]2CCCc3ccccc32)c1C. The number of hydrogen-bond acceptors (Lipinski definition) is 1. The van der Waals surface area contributed by atoms with E-state index in [0.29, 0.717) is 11.2 Å². The van der Waals surface area contributed by atoms with Crippen molar-refractivity contribution in [1.29, 1.82) is 0 Å². The van der Waals surface area contributed by atoms with Crippen molar-refractivity contribution in [3.05, 3.63) is 64.7 Å². The van der Waals surface area contributed by atoms with E-state index in [0.717, 1.165) is 12.1 Å². The first-order valence-electron chi connectivity index (χ1n) is 7.86. The first kappa shape index (κ1) is 15.0. The van der Waals surface area contributed by atoms with Crippen molar-refractivity contribution in [3.8, 4) is 0 Å². The van der Waals surface area contributed by atoms with E-state index in [2.05, 4.69) is 66.9 Å². The summed E-state index contributed by atoms with van der Waals surface area (Å²) in [5.41, 5.74) is 6.44. The number of benzene rings is 2. The lowest BCUT2D eigenvalue weighted by atomic mass is 9.88. The summed E-state index contributed by atoms with van der Waals surface area (Å²) >= 11 is 5.53. The summed E-state index contributed by atoms with van der Waals surface area (Å²) in [7, 11) is 0. The maximum absolute atomic E-state index is 5.53. The minimum absolute atomic E-state index is 0.315. The van der Waals surface area contributed by atoms with Gasteiger partial charge in [0, 0.05) is 5.69 Å². The van der Waals surface area contributed by atoms with Crippen molar-refractivity contribution in [1.82, 2.24) is 5.32 Å². The van der Waals surface area contributed by atoms with Crippen LogP contribution in [0.4, 0.5) is 5.69 Å². The minimum atomic E-state index is 0.315. The second-order valence-electron chi connectivity index (χ2n) is 5.99. The van der Waals surface area contributed by atoms with Gasteiger partial charge in [0.05, 0.1) is 6.04 Å². The van der Waals surface area contributed by atoms with Crippen LogP contribution in [0, 0.1) is 13.8 Å². The monoisotopic (exact) mass is 310 g/mol. The molecule has 0 fully saturated rings. The Kier molecular flexibility index (Phi) is 4.44. The van der Waals surface area contributed by atoms with Gasteiger partial charge in [0.15, 0.2) is 5.11 Å². The van der Waals surface area contributed by atoms with E-state index in [1.54, 1.807) is 0 Å². The van der Waals surface area contributed by atoms with Gasteiger partial charge in [-0.25, -0.2) is 0 Å². The first-order valence-corrected chi connectivity index (χ1v) is 8.27. The molecule has 22 heavy (non-hydrogen) atoms. The molecule has 0 spiro atoms. The lowest BCUT2D eigenvalue weighted by molar-refractivity contribution is 0.529. The van der Waals surface area contributed by atoms with Gasteiger partial charge in [0.1, 0.15) is 0 Å². The molecule has 1 aliphatic carbocycles. The zero-order valence-corrected chi connectivity index (χ0v) is 14.0. The third-order valence-electron chi connectivity index (χ3n) is 4.53. The summed E-state index contributed by atoms with van der Waals surface area (Å²) in [6, 6.07) is 15.2. The van der Waals surface area contributed by atoms with Gasteiger partial charge in [-0.3, -0.25) is 0 Å². The number of aryl methyl sites for hydroxylation is 2. The number of rotatable bonds is 2. The Morgan fingerprint density at radius 1 is 1.09 bits per heavy atom. The van der Waals surface area contributed by atoms with Crippen LogP contribution < -0.4 is 10.6 Å². The Labute approximate surface area is 137 Å². The molecule has 2 aromatic carbocycles. The average molecular weight is 310 g/mol. The lowest BCUT2D eigenvalue weighted by Gasteiger charge is -2.27. The molecule has 0 unspecified atom stereocenters. The molecular weight excluding hydrogens is 288 g/mol. The minimum Gasteiger partial charge on any atom is -0.356 e. The molecule has 0 aromatic heterocycles. The summed E-state index contributed by atoms with van der Waals surface area (Å²) < 4.78 is 0. The van der Waals surface area contributed by atoms with E-state index in [1.807, 2.05) is 0 Å².